The van der Waals surface area contributed by atoms with Gasteiger partial charge in [-0.25, -0.2) is 11.1 Å². The molecule has 0 saturated carbocycles. The van der Waals surface area contributed by atoms with Gasteiger partial charge in [0, 0.05) is 13.3 Å². The maximum atomic E-state index is 3.98. The van der Waals surface area contributed by atoms with Crippen LogP contribution in [0, 0.1) is 12.1 Å². The summed E-state index contributed by atoms with van der Waals surface area (Å²) in [6.45, 7) is 12.5. The second-order valence-electron chi connectivity index (χ2n) is 4.23. The van der Waals surface area contributed by atoms with Crippen molar-refractivity contribution in [1.29, 1.82) is 0 Å². The van der Waals surface area contributed by atoms with E-state index in [1.54, 1.807) is 0 Å². The van der Waals surface area contributed by atoms with Crippen LogP contribution < -0.4 is 0 Å². The summed E-state index contributed by atoms with van der Waals surface area (Å²) < 4.78 is 0. The fourth-order valence-corrected chi connectivity index (χ4v) is 2.07. The number of hydrogen-bond acceptors (Lipinski definition) is 0. The Morgan fingerprint density at radius 3 is 1.39 bits per heavy atom. The maximum absolute atomic E-state index is 3.98. The van der Waals surface area contributed by atoms with Crippen LogP contribution in [0.2, 0.25) is 0 Å². The van der Waals surface area contributed by atoms with E-state index in [1.807, 2.05) is 83.3 Å². The quantitative estimate of drug-likeness (QED) is 0.335. The summed E-state index contributed by atoms with van der Waals surface area (Å²) in [5.41, 5.74) is 2.19. The van der Waals surface area contributed by atoms with E-state index in [0.29, 0.717) is 0 Å². The number of nitrogens with zero attached hydrogens (tertiary/aromatic N) is 1. The molecule has 0 radical (unpaired) electrons. The van der Waals surface area contributed by atoms with Gasteiger partial charge in [-0.2, -0.15) is 55.6 Å². The average molecular weight is 510 g/mol. The van der Waals surface area contributed by atoms with Crippen LogP contribution in [0.3, 0.4) is 0 Å². The molecule has 0 N–H and O–H groups in total. The normalized spacial score (nSPS) is 8.17. The van der Waals surface area contributed by atoms with Gasteiger partial charge in [-0.1, -0.05) is 27.7 Å². The zero-order valence-electron chi connectivity index (χ0n) is 15.6. The van der Waals surface area contributed by atoms with Gasteiger partial charge in [0.25, 0.3) is 0 Å². The van der Waals surface area contributed by atoms with E-state index in [-0.39, 0.29) is 28.0 Å². The van der Waals surface area contributed by atoms with Gasteiger partial charge >= 0.3 is 20.1 Å². The molecule has 0 heterocycles. The van der Waals surface area contributed by atoms with Crippen molar-refractivity contribution in [3.63, 3.8) is 0 Å². The summed E-state index contributed by atoms with van der Waals surface area (Å²) in [7, 11) is 1.82. The van der Waals surface area contributed by atoms with E-state index in [1.165, 1.54) is 0 Å². The summed E-state index contributed by atoms with van der Waals surface area (Å²) in [6, 6.07) is 22.1. The first-order chi connectivity index (χ1) is 10.7. The van der Waals surface area contributed by atoms with Gasteiger partial charge in [0.05, 0.1) is 0 Å². The number of hydrogen-bond donors (Lipinski definition) is 0. The fraction of sp³-hybridized carbons (Fsp3) is 0.400. The third kappa shape index (κ3) is 16.1. The molecule has 0 aromatic heterocycles. The monoisotopic (exact) mass is 510 g/mol. The van der Waals surface area contributed by atoms with Crippen molar-refractivity contribution in [2.75, 3.05) is 26.7 Å². The smallest absolute Gasteiger partial charge is 0.632 e. The molecule has 2 aromatic carbocycles. The molecule has 0 aliphatic carbocycles. The van der Waals surface area contributed by atoms with Crippen molar-refractivity contribution >= 4 is 7.92 Å². The first-order valence-electron chi connectivity index (χ1n) is 8.02. The Labute approximate surface area is 159 Å². The maximum Gasteiger partial charge on any atom is 3.00 e. The van der Waals surface area contributed by atoms with Gasteiger partial charge in [-0.15, -0.1) is 12.1 Å². The molecule has 0 spiro atoms. The summed E-state index contributed by atoms with van der Waals surface area (Å²) in [4.78, 5) is 0. The number of benzene rings is 2. The molecule has 130 valence electrons. The molecule has 23 heavy (non-hydrogen) atoms. The number of rotatable bonds is 3. The van der Waals surface area contributed by atoms with Crippen LogP contribution in [0.15, 0.2) is 48.5 Å². The zero-order chi connectivity index (χ0) is 17.2. The van der Waals surface area contributed by atoms with E-state index < -0.39 is 0 Å². The third-order valence-electron chi connectivity index (χ3n) is 2.18. The Morgan fingerprint density at radius 1 is 0.826 bits per heavy atom. The first-order valence-corrected chi connectivity index (χ1v) is 10.7. The zero-order valence-corrected chi connectivity index (χ0v) is 19.0. The fourth-order valence-electron chi connectivity index (χ4n) is 1.44. The van der Waals surface area contributed by atoms with Gasteiger partial charge in [0.15, 0.2) is 0 Å². The van der Waals surface area contributed by atoms with Crippen LogP contribution in [0.5, 0.6) is 0 Å². The molecule has 0 aliphatic rings. The molecule has 2 rings (SSSR count). The van der Waals surface area contributed by atoms with E-state index in [9.17, 15) is 0 Å². The van der Waals surface area contributed by atoms with Crippen LogP contribution >= 0.6 is 7.92 Å². The second kappa shape index (κ2) is 21.5. The molecule has 0 aliphatic heterocycles. The molecule has 0 atom stereocenters. The molecule has 1 nitrogen and oxygen atoms in total. The molecule has 0 unspecified atom stereocenters. The van der Waals surface area contributed by atoms with Gasteiger partial charge in [-0.05, 0) is 14.2 Å². The van der Waals surface area contributed by atoms with Gasteiger partial charge in [0.1, 0.15) is 0 Å². The molecule has 0 amide bonds. The summed E-state index contributed by atoms with van der Waals surface area (Å²) in [5, 5.41) is 3.98. The van der Waals surface area contributed by atoms with Crippen LogP contribution in [0.1, 0.15) is 27.7 Å². The van der Waals surface area contributed by atoms with E-state index in [4.69, 9.17) is 0 Å². The summed E-state index contributed by atoms with van der Waals surface area (Å²) in [6.07, 6.45) is 1.10. The Morgan fingerprint density at radius 2 is 1.22 bits per heavy atom. The van der Waals surface area contributed by atoms with Crippen LogP contribution in [0.4, 0.5) is 0 Å². The molecular weight excluding hydrogens is 477 g/mol. The van der Waals surface area contributed by atoms with Crippen molar-refractivity contribution in [2.24, 2.45) is 0 Å². The van der Waals surface area contributed by atoms with Gasteiger partial charge in [-0.3, -0.25) is 0 Å². The summed E-state index contributed by atoms with van der Waals surface area (Å²) in [5.74, 6) is 0. The third-order valence-corrected chi connectivity index (χ3v) is 3.13. The average Bonchev–Trinajstić information content (AvgIpc) is 2.60. The predicted molar refractivity (Wildman–Crippen MR) is 107 cm³/mol. The largest absolute Gasteiger partial charge is 3.00 e. The standard InChI is InChI=1S/C12H8.C4H11NP.2C2H6.Ir/c1-3-7-11(8-4-1)12-9-5-2-6-10-12;1-5-4-6(2)3;2*1-2;/h1-7,9H;4H2,1-3H3;2*1-2H3;/q-2;-1;;;+3/p+1. The summed E-state index contributed by atoms with van der Waals surface area (Å²) >= 11 is 0. The molecular formula is C20H32IrNP+. The molecule has 3 heteroatoms. The molecule has 2 aromatic rings. The van der Waals surface area contributed by atoms with Crippen molar-refractivity contribution in [2.45, 2.75) is 27.7 Å². The van der Waals surface area contributed by atoms with Crippen molar-refractivity contribution in [3.8, 4) is 11.1 Å². The first kappa shape index (κ1) is 27.3. The minimum Gasteiger partial charge on any atom is -0.632 e. The van der Waals surface area contributed by atoms with Crippen molar-refractivity contribution in [3.05, 3.63) is 66.0 Å². The van der Waals surface area contributed by atoms with E-state index in [2.05, 4.69) is 30.8 Å². The molecule has 0 fully saturated rings. The Kier molecular flexibility index (Phi) is 25.5. The minimum atomic E-state index is -0.0522. The van der Waals surface area contributed by atoms with E-state index >= 15 is 0 Å². The Balaban J connectivity index is -0.000000314. The Hall–Kier alpha value is -0.521. The van der Waals surface area contributed by atoms with Gasteiger partial charge in [0.2, 0.25) is 0 Å². The van der Waals surface area contributed by atoms with Crippen LogP contribution in [-0.2, 0) is 20.1 Å². The predicted octanol–water partition coefficient (Wildman–Crippen LogP) is 6.43. The topological polar surface area (TPSA) is 14.1 Å². The van der Waals surface area contributed by atoms with Gasteiger partial charge < -0.3 is 5.32 Å². The van der Waals surface area contributed by atoms with Crippen LogP contribution in [-0.4, -0.2) is 26.7 Å². The molecule has 0 saturated heterocycles. The van der Waals surface area contributed by atoms with Crippen molar-refractivity contribution in [1.82, 2.24) is 0 Å². The molecule has 0 bridgehead atoms. The van der Waals surface area contributed by atoms with Crippen molar-refractivity contribution < 1.29 is 20.1 Å². The van der Waals surface area contributed by atoms with Crippen LogP contribution in [0.25, 0.3) is 16.4 Å². The Bertz CT molecular complexity index is 381. The second-order valence-corrected chi connectivity index (χ2v) is 6.96. The minimum absolute atomic E-state index is 0. The SMILES string of the molecule is CC.CC.C[N-]C[PH+](C)C.[Ir+3].[c-]1ccccc1-c1[c-]cccc1. The van der Waals surface area contributed by atoms with E-state index in [0.717, 1.165) is 17.4 Å².